The number of anilines is 1. The largest absolute Gasteiger partial charge is 0.432 e. The lowest BCUT2D eigenvalue weighted by atomic mass is 9.95. The van der Waals surface area contributed by atoms with Crippen molar-refractivity contribution in [1.29, 1.82) is 0 Å². The van der Waals surface area contributed by atoms with Crippen molar-refractivity contribution in [1.82, 2.24) is 20.2 Å². The highest BCUT2D eigenvalue weighted by Crippen LogP contribution is 2.40. The molecule has 0 spiro atoms. The minimum Gasteiger partial charge on any atom is -0.432 e. The third-order valence-electron chi connectivity index (χ3n) is 4.93. The van der Waals surface area contributed by atoms with Crippen molar-refractivity contribution in [2.45, 2.75) is 6.61 Å². The fraction of sp³-hybridized carbons (Fsp3) is 0.0500. The molecule has 0 aliphatic heterocycles. The summed E-state index contributed by atoms with van der Waals surface area (Å²) in [6.45, 7) is -3.08. The van der Waals surface area contributed by atoms with Crippen LogP contribution in [0.25, 0.3) is 43.8 Å². The zero-order valence-electron chi connectivity index (χ0n) is 15.0. The van der Waals surface area contributed by atoms with Gasteiger partial charge in [-0.3, -0.25) is 14.9 Å². The summed E-state index contributed by atoms with van der Waals surface area (Å²) in [5, 5.41) is 7.55. The number of hydrogen-bond acceptors (Lipinski definition) is 5. The van der Waals surface area contributed by atoms with Crippen molar-refractivity contribution >= 4 is 38.4 Å². The molecular formula is C20H12F3N5O2. The van der Waals surface area contributed by atoms with Crippen LogP contribution in [0.15, 0.2) is 47.5 Å². The fourth-order valence-electron chi connectivity index (χ4n) is 3.69. The van der Waals surface area contributed by atoms with Gasteiger partial charge in [0.1, 0.15) is 22.5 Å². The van der Waals surface area contributed by atoms with Gasteiger partial charge >= 0.3 is 6.61 Å². The molecule has 0 saturated carbocycles. The molecule has 0 unspecified atom stereocenters. The van der Waals surface area contributed by atoms with Gasteiger partial charge in [0.15, 0.2) is 5.75 Å². The average Bonchev–Trinajstić information content (AvgIpc) is 3.22. The summed E-state index contributed by atoms with van der Waals surface area (Å²) < 4.78 is 44.9. The van der Waals surface area contributed by atoms with E-state index in [1.54, 1.807) is 12.1 Å². The van der Waals surface area contributed by atoms with Crippen molar-refractivity contribution < 1.29 is 17.9 Å². The summed E-state index contributed by atoms with van der Waals surface area (Å²) in [6.07, 6.45) is 2.83. The summed E-state index contributed by atoms with van der Waals surface area (Å²) in [5.41, 5.74) is 6.68. The van der Waals surface area contributed by atoms with Gasteiger partial charge in [-0.2, -0.15) is 13.9 Å². The number of ether oxygens (including phenoxy) is 1. The van der Waals surface area contributed by atoms with Crippen molar-refractivity contribution in [3.05, 3.63) is 58.9 Å². The van der Waals surface area contributed by atoms with Crippen LogP contribution in [0, 0.1) is 5.82 Å². The minimum absolute atomic E-state index is 0.131. The second-order valence-electron chi connectivity index (χ2n) is 6.57. The van der Waals surface area contributed by atoms with E-state index < -0.39 is 18.0 Å². The topological polar surface area (TPSA) is 110 Å². The van der Waals surface area contributed by atoms with Crippen LogP contribution in [0.3, 0.4) is 0 Å². The molecule has 5 aromatic rings. The van der Waals surface area contributed by atoms with E-state index in [1.807, 2.05) is 0 Å². The monoisotopic (exact) mass is 411 g/mol. The molecule has 30 heavy (non-hydrogen) atoms. The van der Waals surface area contributed by atoms with Gasteiger partial charge in [-0.25, -0.2) is 4.39 Å². The Hall–Kier alpha value is -4.08. The Kier molecular flexibility index (Phi) is 3.88. The lowest BCUT2D eigenvalue weighted by Gasteiger charge is -2.15. The van der Waals surface area contributed by atoms with E-state index >= 15 is 0 Å². The molecule has 0 aliphatic carbocycles. The Balaban J connectivity index is 1.98. The maximum absolute atomic E-state index is 14.1. The molecule has 0 saturated heterocycles. The van der Waals surface area contributed by atoms with Gasteiger partial charge in [0, 0.05) is 27.9 Å². The third kappa shape index (κ3) is 2.57. The van der Waals surface area contributed by atoms with Gasteiger partial charge in [-0.05, 0) is 29.8 Å². The number of nitrogen functional groups attached to an aromatic ring is 1. The van der Waals surface area contributed by atoms with E-state index in [9.17, 15) is 18.0 Å². The van der Waals surface area contributed by atoms with Crippen LogP contribution >= 0.6 is 0 Å². The summed E-state index contributed by atoms with van der Waals surface area (Å²) in [5.74, 6) is -0.707. The van der Waals surface area contributed by atoms with Gasteiger partial charge < -0.3 is 15.5 Å². The predicted octanol–water partition coefficient (Wildman–Crippen LogP) is 3.94. The molecule has 7 nitrogen and oxygen atoms in total. The highest BCUT2D eigenvalue weighted by atomic mass is 19.3. The number of nitrogens with one attached hydrogen (secondary N) is 2. The van der Waals surface area contributed by atoms with Crippen LogP contribution in [0.4, 0.5) is 18.9 Å². The van der Waals surface area contributed by atoms with E-state index in [0.717, 1.165) is 0 Å². The summed E-state index contributed by atoms with van der Waals surface area (Å²) in [6, 6.07) is 7.24. The highest BCUT2D eigenvalue weighted by molar-refractivity contribution is 6.15. The van der Waals surface area contributed by atoms with E-state index in [4.69, 9.17) is 5.73 Å². The smallest absolute Gasteiger partial charge is 0.387 e. The van der Waals surface area contributed by atoms with Crippen molar-refractivity contribution in [3.8, 4) is 16.9 Å². The van der Waals surface area contributed by atoms with Crippen molar-refractivity contribution in [2.75, 3.05) is 5.73 Å². The standard InChI is InChI=1S/C20H12F3N5O2/c21-12-4-3-8(11-7-26-28-17(11)12)14-10-6-13(30-20(22)23)18-9(2-1-5-25-18)16(10)27-19(29)15(14)24/h1-7,20H,24H2,(H,26,28)(H,27,29). The number of nitrogens with zero attached hydrogens (tertiary/aromatic N) is 2. The minimum atomic E-state index is -3.08. The van der Waals surface area contributed by atoms with Gasteiger partial charge in [0.2, 0.25) is 0 Å². The maximum Gasteiger partial charge on any atom is 0.387 e. The SMILES string of the molecule is Nc1c(-c2ccc(F)c3[nH]ncc23)c2cc(OC(F)F)c3ncccc3c2[nH]c1=O. The zero-order valence-corrected chi connectivity index (χ0v) is 15.0. The number of pyridine rings is 2. The van der Waals surface area contributed by atoms with Crippen molar-refractivity contribution in [2.24, 2.45) is 0 Å². The van der Waals surface area contributed by atoms with Crippen LogP contribution in [0.2, 0.25) is 0 Å². The maximum atomic E-state index is 14.1. The first-order valence-corrected chi connectivity index (χ1v) is 8.75. The predicted molar refractivity (Wildman–Crippen MR) is 106 cm³/mol. The molecule has 3 heterocycles. The number of aromatic nitrogens is 4. The molecule has 4 N–H and O–H groups in total. The second kappa shape index (κ2) is 6.48. The highest BCUT2D eigenvalue weighted by Gasteiger charge is 2.21. The Morgan fingerprint density at radius 1 is 1.10 bits per heavy atom. The summed E-state index contributed by atoms with van der Waals surface area (Å²) in [4.78, 5) is 19.4. The van der Waals surface area contributed by atoms with Crippen LogP contribution in [-0.2, 0) is 0 Å². The third-order valence-corrected chi connectivity index (χ3v) is 4.93. The Morgan fingerprint density at radius 2 is 1.93 bits per heavy atom. The molecule has 0 atom stereocenters. The lowest BCUT2D eigenvalue weighted by Crippen LogP contribution is -2.14. The molecule has 0 aliphatic rings. The van der Waals surface area contributed by atoms with Crippen molar-refractivity contribution in [3.63, 3.8) is 0 Å². The number of nitrogens with two attached hydrogens (primary N) is 1. The Bertz CT molecular complexity index is 1510. The molecular weight excluding hydrogens is 399 g/mol. The van der Waals surface area contributed by atoms with Gasteiger partial charge in [-0.1, -0.05) is 6.07 Å². The Labute approximate surface area is 165 Å². The summed E-state index contributed by atoms with van der Waals surface area (Å²) >= 11 is 0. The zero-order chi connectivity index (χ0) is 21.0. The number of halogens is 3. The lowest BCUT2D eigenvalue weighted by molar-refractivity contribution is -0.0488. The molecule has 2 aromatic carbocycles. The number of hydrogen-bond donors (Lipinski definition) is 3. The number of H-pyrrole nitrogens is 2. The molecule has 0 bridgehead atoms. The van der Waals surface area contributed by atoms with E-state index in [1.165, 1.54) is 30.6 Å². The normalized spacial score (nSPS) is 11.7. The molecule has 10 heteroatoms. The van der Waals surface area contributed by atoms with E-state index in [-0.39, 0.29) is 28.0 Å². The number of fused-ring (bicyclic) bond motifs is 4. The molecule has 0 radical (unpaired) electrons. The number of benzene rings is 2. The molecule has 150 valence electrons. The summed E-state index contributed by atoms with van der Waals surface area (Å²) in [7, 11) is 0. The van der Waals surface area contributed by atoms with Crippen LogP contribution in [0.1, 0.15) is 0 Å². The van der Waals surface area contributed by atoms with Crippen LogP contribution in [0.5, 0.6) is 5.75 Å². The molecule has 3 aromatic heterocycles. The molecule has 5 rings (SSSR count). The van der Waals surface area contributed by atoms with E-state index in [0.29, 0.717) is 27.2 Å². The number of aromatic amines is 2. The number of alkyl halides is 2. The molecule has 0 fully saturated rings. The van der Waals surface area contributed by atoms with Gasteiger partial charge in [-0.15, -0.1) is 0 Å². The van der Waals surface area contributed by atoms with Gasteiger partial charge in [0.05, 0.1) is 11.7 Å². The first-order chi connectivity index (χ1) is 14.5. The van der Waals surface area contributed by atoms with Gasteiger partial charge in [0.25, 0.3) is 5.56 Å². The average molecular weight is 411 g/mol. The van der Waals surface area contributed by atoms with E-state index in [2.05, 4.69) is 24.9 Å². The number of rotatable bonds is 3. The first kappa shape index (κ1) is 18.0. The molecule has 0 amide bonds. The van der Waals surface area contributed by atoms with Crippen LogP contribution in [-0.4, -0.2) is 26.8 Å². The fourth-order valence-corrected chi connectivity index (χ4v) is 3.69. The first-order valence-electron chi connectivity index (χ1n) is 8.75. The Morgan fingerprint density at radius 3 is 2.73 bits per heavy atom. The quantitative estimate of drug-likeness (QED) is 0.390. The van der Waals surface area contributed by atoms with Crippen LogP contribution < -0.4 is 16.0 Å². The second-order valence-corrected chi connectivity index (χ2v) is 6.57.